The minimum absolute atomic E-state index is 0.103. The molecule has 0 bridgehead atoms. The first-order chi connectivity index (χ1) is 8.39. The van der Waals surface area contributed by atoms with Crippen LogP contribution >= 0.6 is 0 Å². The first-order valence-electron chi connectivity index (χ1n) is 6.32. The number of carboxylic acids is 1. The van der Waals surface area contributed by atoms with Gasteiger partial charge in [-0.25, -0.2) is 0 Å². The smallest absolute Gasteiger partial charge is 0.307 e. The Balaban J connectivity index is 1.98. The van der Waals surface area contributed by atoms with Crippen LogP contribution in [-0.2, 0) is 9.59 Å². The zero-order chi connectivity index (χ0) is 13.5. The highest BCUT2D eigenvalue weighted by Crippen LogP contribution is 2.58. The van der Waals surface area contributed by atoms with E-state index in [1.54, 1.807) is 13.8 Å². The Morgan fingerprint density at radius 1 is 1.33 bits per heavy atom. The van der Waals surface area contributed by atoms with E-state index in [0.717, 1.165) is 19.3 Å². The summed E-state index contributed by atoms with van der Waals surface area (Å²) in [6.07, 6.45) is 2.58. The predicted octanol–water partition coefficient (Wildman–Crippen LogP) is 1.15. The van der Waals surface area contributed by atoms with E-state index in [1.807, 2.05) is 0 Å². The zero-order valence-electron chi connectivity index (χ0n) is 10.6. The normalized spacial score (nSPS) is 36.7. The van der Waals surface area contributed by atoms with Gasteiger partial charge in [0.1, 0.15) is 0 Å². The van der Waals surface area contributed by atoms with E-state index in [2.05, 4.69) is 11.4 Å². The molecule has 0 saturated heterocycles. The fraction of sp³-hybridized carbons (Fsp3) is 0.769. The van der Waals surface area contributed by atoms with Gasteiger partial charge in [-0.1, -0.05) is 13.8 Å². The molecule has 0 aromatic heterocycles. The van der Waals surface area contributed by atoms with Crippen LogP contribution in [0.4, 0.5) is 0 Å². The maximum Gasteiger partial charge on any atom is 0.307 e. The standard InChI is InChI=1S/C13H18N2O3/c1-13(2)9(10(13)12(17)18)11(16)15-8-5-3-4-7(8)6-14/h7-10H,3-5H2,1-2H3,(H,15,16)(H,17,18)/t7?,8?,9-,10+/m1/s1. The summed E-state index contributed by atoms with van der Waals surface area (Å²) in [6, 6.07) is 2.10. The summed E-state index contributed by atoms with van der Waals surface area (Å²) in [5.41, 5.74) is -0.476. The van der Waals surface area contributed by atoms with Gasteiger partial charge in [-0.15, -0.1) is 0 Å². The summed E-state index contributed by atoms with van der Waals surface area (Å²) in [4.78, 5) is 23.1. The van der Waals surface area contributed by atoms with Gasteiger partial charge >= 0.3 is 5.97 Å². The van der Waals surface area contributed by atoms with Gasteiger partial charge in [0.2, 0.25) is 5.91 Å². The number of nitrogens with zero attached hydrogens (tertiary/aromatic N) is 1. The number of carbonyl (C=O) groups excluding carboxylic acids is 1. The maximum atomic E-state index is 12.1. The molecule has 5 heteroatoms. The van der Waals surface area contributed by atoms with E-state index < -0.39 is 23.2 Å². The summed E-state index contributed by atoms with van der Waals surface area (Å²) in [7, 11) is 0. The Labute approximate surface area is 106 Å². The molecule has 2 aliphatic carbocycles. The van der Waals surface area contributed by atoms with Crippen molar-refractivity contribution in [3.05, 3.63) is 0 Å². The molecule has 5 nitrogen and oxygen atoms in total. The molecular formula is C13H18N2O3. The Morgan fingerprint density at radius 3 is 2.50 bits per heavy atom. The van der Waals surface area contributed by atoms with Gasteiger partial charge in [-0.3, -0.25) is 9.59 Å². The molecule has 18 heavy (non-hydrogen) atoms. The number of carboxylic acid groups (broad SMARTS) is 1. The van der Waals surface area contributed by atoms with Gasteiger partial charge in [-0.2, -0.15) is 5.26 Å². The van der Waals surface area contributed by atoms with Crippen molar-refractivity contribution in [1.29, 1.82) is 5.26 Å². The molecule has 0 aromatic carbocycles. The average molecular weight is 250 g/mol. The van der Waals surface area contributed by atoms with E-state index in [9.17, 15) is 9.59 Å². The predicted molar refractivity (Wildman–Crippen MR) is 63.3 cm³/mol. The summed E-state index contributed by atoms with van der Waals surface area (Å²) < 4.78 is 0. The second kappa shape index (κ2) is 4.27. The van der Waals surface area contributed by atoms with Crippen LogP contribution in [-0.4, -0.2) is 23.0 Å². The van der Waals surface area contributed by atoms with Gasteiger partial charge in [0, 0.05) is 6.04 Å². The van der Waals surface area contributed by atoms with Gasteiger partial charge < -0.3 is 10.4 Å². The lowest BCUT2D eigenvalue weighted by Crippen LogP contribution is -2.38. The van der Waals surface area contributed by atoms with Crippen LogP contribution < -0.4 is 5.32 Å². The van der Waals surface area contributed by atoms with Crippen molar-refractivity contribution in [2.24, 2.45) is 23.2 Å². The van der Waals surface area contributed by atoms with Crippen LogP contribution in [0.15, 0.2) is 0 Å². The highest BCUT2D eigenvalue weighted by Gasteiger charge is 2.66. The molecule has 2 saturated carbocycles. The molecule has 2 aliphatic rings. The first kappa shape index (κ1) is 12.9. The van der Waals surface area contributed by atoms with E-state index in [4.69, 9.17) is 10.4 Å². The van der Waals surface area contributed by atoms with E-state index in [1.165, 1.54) is 0 Å². The second-order valence-corrected chi connectivity index (χ2v) is 5.90. The van der Waals surface area contributed by atoms with Crippen LogP contribution in [0.1, 0.15) is 33.1 Å². The Bertz CT molecular complexity index is 424. The van der Waals surface area contributed by atoms with E-state index >= 15 is 0 Å². The molecule has 0 aromatic rings. The third-order valence-corrected chi connectivity index (χ3v) is 4.39. The number of nitrogens with one attached hydrogen (secondary N) is 1. The van der Waals surface area contributed by atoms with Crippen LogP contribution in [0, 0.1) is 34.5 Å². The lowest BCUT2D eigenvalue weighted by Gasteiger charge is -2.16. The molecule has 2 rings (SSSR count). The third-order valence-electron chi connectivity index (χ3n) is 4.39. The van der Waals surface area contributed by atoms with E-state index in [0.29, 0.717) is 0 Å². The topological polar surface area (TPSA) is 90.2 Å². The van der Waals surface area contributed by atoms with Crippen molar-refractivity contribution < 1.29 is 14.7 Å². The van der Waals surface area contributed by atoms with Crippen LogP contribution in [0.3, 0.4) is 0 Å². The fourth-order valence-corrected chi connectivity index (χ4v) is 3.15. The zero-order valence-corrected chi connectivity index (χ0v) is 10.6. The first-order valence-corrected chi connectivity index (χ1v) is 6.32. The maximum absolute atomic E-state index is 12.1. The fourth-order valence-electron chi connectivity index (χ4n) is 3.15. The molecule has 0 radical (unpaired) electrons. The number of aliphatic carboxylic acids is 1. The Morgan fingerprint density at radius 2 is 2.00 bits per heavy atom. The summed E-state index contributed by atoms with van der Waals surface area (Å²) in [5.74, 6) is -2.31. The SMILES string of the molecule is CC1(C)[C@H](C(=O)O)[C@@H]1C(=O)NC1CCCC1C#N. The highest BCUT2D eigenvalue weighted by molar-refractivity contribution is 5.91. The van der Waals surface area contributed by atoms with Crippen molar-refractivity contribution >= 4 is 11.9 Å². The third kappa shape index (κ3) is 1.96. The minimum Gasteiger partial charge on any atom is -0.481 e. The average Bonchev–Trinajstić information content (AvgIpc) is 2.66. The second-order valence-electron chi connectivity index (χ2n) is 5.90. The number of rotatable bonds is 3. The number of carbonyl (C=O) groups is 2. The van der Waals surface area contributed by atoms with Crippen molar-refractivity contribution in [2.75, 3.05) is 0 Å². The van der Waals surface area contributed by atoms with Crippen LogP contribution in [0.2, 0.25) is 0 Å². The minimum atomic E-state index is -0.914. The van der Waals surface area contributed by atoms with Crippen molar-refractivity contribution in [3.8, 4) is 6.07 Å². The molecule has 0 spiro atoms. The van der Waals surface area contributed by atoms with Gasteiger partial charge in [0.05, 0.1) is 23.8 Å². The molecule has 2 fully saturated rings. The van der Waals surface area contributed by atoms with Crippen molar-refractivity contribution in [2.45, 2.75) is 39.2 Å². The molecule has 0 heterocycles. The van der Waals surface area contributed by atoms with E-state index in [-0.39, 0.29) is 17.9 Å². The molecular weight excluding hydrogens is 232 g/mol. The monoisotopic (exact) mass is 250 g/mol. The van der Waals surface area contributed by atoms with Gasteiger partial charge in [0.25, 0.3) is 0 Å². The highest BCUT2D eigenvalue weighted by atomic mass is 16.4. The molecule has 4 atom stereocenters. The lowest BCUT2D eigenvalue weighted by atomic mass is 10.0. The summed E-state index contributed by atoms with van der Waals surface area (Å²) in [5, 5.41) is 20.8. The molecule has 1 amide bonds. The quantitative estimate of drug-likeness (QED) is 0.786. The lowest BCUT2D eigenvalue weighted by molar-refractivity contribution is -0.140. The number of hydrogen-bond donors (Lipinski definition) is 2. The molecule has 0 aliphatic heterocycles. The van der Waals surface area contributed by atoms with Crippen LogP contribution in [0.25, 0.3) is 0 Å². The number of hydrogen-bond acceptors (Lipinski definition) is 3. The number of amides is 1. The summed E-state index contributed by atoms with van der Waals surface area (Å²) in [6.45, 7) is 3.60. The Hall–Kier alpha value is -1.57. The molecule has 98 valence electrons. The number of nitriles is 1. The summed E-state index contributed by atoms with van der Waals surface area (Å²) >= 11 is 0. The van der Waals surface area contributed by atoms with Crippen molar-refractivity contribution in [3.63, 3.8) is 0 Å². The van der Waals surface area contributed by atoms with Crippen LogP contribution in [0.5, 0.6) is 0 Å². The Kier molecular flexibility index (Phi) is 3.05. The van der Waals surface area contributed by atoms with Crippen molar-refractivity contribution in [1.82, 2.24) is 5.32 Å². The molecule has 2 unspecified atom stereocenters. The largest absolute Gasteiger partial charge is 0.481 e. The molecule has 2 N–H and O–H groups in total. The van der Waals surface area contributed by atoms with Gasteiger partial charge in [0.15, 0.2) is 0 Å². The van der Waals surface area contributed by atoms with Gasteiger partial charge in [-0.05, 0) is 24.7 Å².